The monoisotopic (exact) mass is 393 g/mol. The summed E-state index contributed by atoms with van der Waals surface area (Å²) in [6.45, 7) is 0.355. The summed E-state index contributed by atoms with van der Waals surface area (Å²) in [5, 5.41) is 2.74. The van der Waals surface area contributed by atoms with Gasteiger partial charge in [0.2, 0.25) is 0 Å². The van der Waals surface area contributed by atoms with Crippen LogP contribution in [0.2, 0.25) is 15.2 Å². The number of rotatable bonds is 3. The average molecular weight is 395 g/mol. The molecule has 0 bridgehead atoms. The van der Waals surface area contributed by atoms with E-state index in [0.29, 0.717) is 12.3 Å². The van der Waals surface area contributed by atoms with E-state index >= 15 is 0 Å². The van der Waals surface area contributed by atoms with E-state index in [0.717, 1.165) is 0 Å². The number of hydrogen-bond donors (Lipinski definition) is 4. The van der Waals surface area contributed by atoms with Gasteiger partial charge in [-0.15, -0.1) is 0 Å². The standard InChI is InChI=1S/C12H10Cl3N5O2S/c13-6-8(16)7(14)10(15)18-9(6)11(21)19-20-12(23)17-4-5-2-1-3-22-5/h1-3H,4H2,(H2,16,18)(H,19,21)(H2,17,20,23). The number of nitrogens with one attached hydrogen (secondary N) is 3. The Morgan fingerprint density at radius 1 is 1.30 bits per heavy atom. The van der Waals surface area contributed by atoms with Crippen molar-refractivity contribution in [2.45, 2.75) is 6.54 Å². The van der Waals surface area contributed by atoms with Crippen LogP contribution in [0, 0.1) is 0 Å². The first-order valence-electron chi connectivity index (χ1n) is 6.06. The molecule has 0 saturated carbocycles. The highest BCUT2D eigenvalue weighted by atomic mass is 35.5. The molecule has 122 valence electrons. The van der Waals surface area contributed by atoms with Crippen molar-refractivity contribution in [2.75, 3.05) is 5.73 Å². The van der Waals surface area contributed by atoms with Gasteiger partial charge in [0, 0.05) is 0 Å². The number of carbonyl (C=O) groups excluding carboxylic acids is 1. The van der Waals surface area contributed by atoms with Gasteiger partial charge in [-0.2, -0.15) is 0 Å². The smallest absolute Gasteiger partial charge is 0.289 e. The quantitative estimate of drug-likeness (QED) is 0.360. The molecule has 0 fully saturated rings. The molecule has 23 heavy (non-hydrogen) atoms. The van der Waals surface area contributed by atoms with Crippen molar-refractivity contribution in [2.24, 2.45) is 0 Å². The minimum absolute atomic E-state index is 0.0168. The summed E-state index contributed by atoms with van der Waals surface area (Å²) >= 11 is 22.5. The van der Waals surface area contributed by atoms with Gasteiger partial charge in [0.25, 0.3) is 5.91 Å². The number of furan rings is 1. The van der Waals surface area contributed by atoms with Gasteiger partial charge in [0.15, 0.2) is 16.0 Å². The lowest BCUT2D eigenvalue weighted by atomic mass is 10.3. The lowest BCUT2D eigenvalue weighted by Gasteiger charge is -2.12. The summed E-state index contributed by atoms with van der Waals surface area (Å²) in [6.07, 6.45) is 1.54. The maximum absolute atomic E-state index is 12.0. The van der Waals surface area contributed by atoms with Gasteiger partial charge >= 0.3 is 0 Å². The summed E-state index contributed by atoms with van der Waals surface area (Å²) in [4.78, 5) is 15.8. The Labute approximate surface area is 151 Å². The number of anilines is 1. The summed E-state index contributed by atoms with van der Waals surface area (Å²) in [6, 6.07) is 3.52. The molecule has 2 rings (SSSR count). The van der Waals surface area contributed by atoms with E-state index in [1.165, 1.54) is 6.26 Å². The van der Waals surface area contributed by atoms with Crippen LogP contribution in [0.15, 0.2) is 22.8 Å². The molecule has 11 heteroatoms. The Bertz CT molecular complexity index is 739. The molecule has 2 aromatic rings. The van der Waals surface area contributed by atoms with Gasteiger partial charge < -0.3 is 15.5 Å². The summed E-state index contributed by atoms with van der Waals surface area (Å²) in [5.74, 6) is 0.00450. The molecular formula is C12H10Cl3N5O2S. The molecule has 0 saturated heterocycles. The van der Waals surface area contributed by atoms with Gasteiger partial charge in [-0.1, -0.05) is 34.8 Å². The molecule has 2 aromatic heterocycles. The van der Waals surface area contributed by atoms with E-state index < -0.39 is 5.91 Å². The third-order valence-electron chi connectivity index (χ3n) is 2.58. The van der Waals surface area contributed by atoms with Crippen molar-refractivity contribution in [1.82, 2.24) is 21.2 Å². The SMILES string of the molecule is Nc1c(Cl)c(Cl)nc(C(=O)NNC(=S)NCc2ccco2)c1Cl. The van der Waals surface area contributed by atoms with Gasteiger partial charge in [-0.3, -0.25) is 15.6 Å². The molecule has 0 spiro atoms. The minimum Gasteiger partial charge on any atom is -0.467 e. The second kappa shape index (κ2) is 7.69. The largest absolute Gasteiger partial charge is 0.467 e. The Morgan fingerprint density at radius 2 is 2.04 bits per heavy atom. The average Bonchev–Trinajstić information content (AvgIpc) is 3.05. The van der Waals surface area contributed by atoms with Crippen LogP contribution in [0.3, 0.4) is 0 Å². The molecule has 2 heterocycles. The molecule has 0 unspecified atom stereocenters. The number of nitrogens with two attached hydrogens (primary N) is 1. The molecule has 0 aliphatic rings. The van der Waals surface area contributed by atoms with Crippen LogP contribution in [0.1, 0.15) is 16.2 Å². The number of pyridine rings is 1. The fraction of sp³-hybridized carbons (Fsp3) is 0.0833. The number of nitrogens with zero attached hydrogens (tertiary/aromatic N) is 1. The Balaban J connectivity index is 1.93. The second-order valence-electron chi connectivity index (χ2n) is 4.13. The fourth-order valence-electron chi connectivity index (χ4n) is 1.48. The number of nitrogen functional groups attached to an aromatic ring is 1. The number of carbonyl (C=O) groups is 1. The van der Waals surface area contributed by atoms with Crippen molar-refractivity contribution in [3.8, 4) is 0 Å². The van der Waals surface area contributed by atoms with Crippen molar-refractivity contribution in [3.63, 3.8) is 0 Å². The zero-order valence-corrected chi connectivity index (χ0v) is 14.4. The van der Waals surface area contributed by atoms with Gasteiger partial charge in [-0.05, 0) is 24.4 Å². The van der Waals surface area contributed by atoms with Crippen LogP contribution in [-0.4, -0.2) is 16.0 Å². The molecule has 0 atom stereocenters. The Kier molecular flexibility index (Phi) is 5.89. The maximum Gasteiger partial charge on any atom is 0.289 e. The van der Waals surface area contributed by atoms with Crippen molar-refractivity contribution in [1.29, 1.82) is 0 Å². The van der Waals surface area contributed by atoms with Crippen LogP contribution in [0.4, 0.5) is 5.69 Å². The van der Waals surface area contributed by atoms with Gasteiger partial charge in [0.05, 0.1) is 23.5 Å². The highest BCUT2D eigenvalue weighted by Gasteiger charge is 2.19. The summed E-state index contributed by atoms with van der Waals surface area (Å²) in [7, 11) is 0. The molecule has 5 N–H and O–H groups in total. The Morgan fingerprint density at radius 3 is 2.70 bits per heavy atom. The fourth-order valence-corrected chi connectivity index (χ4v) is 2.20. The number of amides is 1. The Hall–Kier alpha value is -1.74. The zero-order valence-electron chi connectivity index (χ0n) is 11.3. The number of halogens is 3. The number of thiocarbonyl (C=S) groups is 1. The zero-order chi connectivity index (χ0) is 17.0. The third-order valence-corrected chi connectivity index (χ3v) is 3.96. The number of hydrazine groups is 1. The lowest BCUT2D eigenvalue weighted by molar-refractivity contribution is 0.0939. The molecule has 0 radical (unpaired) electrons. The van der Waals surface area contributed by atoms with Crippen molar-refractivity contribution >= 4 is 63.7 Å². The predicted molar refractivity (Wildman–Crippen MR) is 92.4 cm³/mol. The van der Waals surface area contributed by atoms with Gasteiger partial charge in [-0.25, -0.2) is 4.98 Å². The minimum atomic E-state index is -0.678. The highest BCUT2D eigenvalue weighted by molar-refractivity contribution is 7.80. The van der Waals surface area contributed by atoms with E-state index in [1.807, 2.05) is 0 Å². The molecule has 0 aliphatic heterocycles. The first-order valence-corrected chi connectivity index (χ1v) is 7.61. The first kappa shape index (κ1) is 17.6. The number of hydrogen-bond acceptors (Lipinski definition) is 5. The van der Waals surface area contributed by atoms with Crippen LogP contribution < -0.4 is 21.9 Å². The molecule has 0 aliphatic carbocycles. The van der Waals surface area contributed by atoms with Crippen LogP contribution >= 0.6 is 47.0 Å². The molecular weight excluding hydrogens is 385 g/mol. The topological polar surface area (TPSA) is 105 Å². The van der Waals surface area contributed by atoms with E-state index in [4.69, 9.17) is 57.2 Å². The van der Waals surface area contributed by atoms with Crippen LogP contribution in [0.5, 0.6) is 0 Å². The number of aromatic nitrogens is 1. The normalized spacial score (nSPS) is 10.2. The van der Waals surface area contributed by atoms with Crippen LogP contribution in [0.25, 0.3) is 0 Å². The molecule has 0 aromatic carbocycles. The second-order valence-corrected chi connectivity index (χ2v) is 5.66. The van der Waals surface area contributed by atoms with Crippen molar-refractivity contribution in [3.05, 3.63) is 45.0 Å². The first-order chi connectivity index (χ1) is 10.9. The van der Waals surface area contributed by atoms with E-state index in [1.54, 1.807) is 12.1 Å². The summed E-state index contributed by atoms with van der Waals surface area (Å²) < 4.78 is 5.13. The van der Waals surface area contributed by atoms with E-state index in [-0.39, 0.29) is 31.7 Å². The molecule has 1 amide bonds. The maximum atomic E-state index is 12.0. The van der Waals surface area contributed by atoms with Gasteiger partial charge in [0.1, 0.15) is 10.8 Å². The third kappa shape index (κ3) is 4.38. The van der Waals surface area contributed by atoms with Crippen molar-refractivity contribution < 1.29 is 9.21 Å². The summed E-state index contributed by atoms with van der Waals surface area (Å²) in [5.41, 5.74) is 10.2. The van der Waals surface area contributed by atoms with Crippen LogP contribution in [-0.2, 0) is 6.54 Å². The highest BCUT2D eigenvalue weighted by Crippen LogP contribution is 2.34. The van der Waals surface area contributed by atoms with E-state index in [9.17, 15) is 4.79 Å². The lowest BCUT2D eigenvalue weighted by Crippen LogP contribution is -2.46. The predicted octanol–water partition coefficient (Wildman–Crippen LogP) is 2.53. The molecule has 7 nitrogen and oxygen atoms in total. The van der Waals surface area contributed by atoms with E-state index in [2.05, 4.69) is 21.2 Å².